The van der Waals surface area contributed by atoms with Crippen molar-refractivity contribution in [2.24, 2.45) is 5.73 Å². The molecular formula is C9H8F3N3O3S. The van der Waals surface area contributed by atoms with E-state index in [1.807, 2.05) is 17.5 Å². The van der Waals surface area contributed by atoms with Crippen LogP contribution >= 0.6 is 11.3 Å². The van der Waals surface area contributed by atoms with Crippen molar-refractivity contribution < 1.29 is 27.5 Å². The average Bonchev–Trinajstić information content (AvgIpc) is 2.99. The first-order valence-corrected chi connectivity index (χ1v) is 5.59. The molecule has 0 saturated heterocycles. The Morgan fingerprint density at radius 3 is 2.47 bits per heavy atom. The molecule has 19 heavy (non-hydrogen) atoms. The fraction of sp³-hybridized carbons (Fsp3) is 0.222. The number of carbonyl (C=O) groups is 1. The van der Waals surface area contributed by atoms with Gasteiger partial charge in [0.2, 0.25) is 5.89 Å². The maximum atomic E-state index is 10.6. The van der Waals surface area contributed by atoms with E-state index in [0.717, 1.165) is 4.88 Å². The van der Waals surface area contributed by atoms with Crippen LogP contribution in [-0.2, 0) is 11.3 Å². The molecule has 2 aromatic rings. The zero-order valence-corrected chi connectivity index (χ0v) is 10.0. The fourth-order valence-corrected chi connectivity index (χ4v) is 1.48. The van der Waals surface area contributed by atoms with E-state index in [4.69, 9.17) is 20.1 Å². The zero-order valence-electron chi connectivity index (χ0n) is 9.22. The molecule has 0 radical (unpaired) electrons. The largest absolute Gasteiger partial charge is 0.490 e. The minimum atomic E-state index is -5.08. The van der Waals surface area contributed by atoms with Crippen molar-refractivity contribution in [1.82, 2.24) is 10.2 Å². The van der Waals surface area contributed by atoms with Gasteiger partial charge in [0, 0.05) is 0 Å². The average molecular weight is 295 g/mol. The number of hydrogen-bond donors (Lipinski definition) is 2. The first kappa shape index (κ1) is 15.1. The van der Waals surface area contributed by atoms with E-state index in [1.54, 1.807) is 11.3 Å². The van der Waals surface area contributed by atoms with Crippen molar-refractivity contribution in [2.45, 2.75) is 12.7 Å². The maximum Gasteiger partial charge on any atom is 0.490 e. The number of nitrogens with two attached hydrogens (primary N) is 1. The van der Waals surface area contributed by atoms with E-state index in [-0.39, 0.29) is 0 Å². The molecule has 0 aliphatic rings. The number of carboxylic acid groups (broad SMARTS) is 1. The molecule has 0 bridgehead atoms. The fourth-order valence-electron chi connectivity index (χ4n) is 0.836. The Bertz CT molecular complexity index is 524. The van der Waals surface area contributed by atoms with Gasteiger partial charge in [0.15, 0.2) is 0 Å². The molecule has 0 spiro atoms. The molecule has 104 valence electrons. The summed E-state index contributed by atoms with van der Waals surface area (Å²) in [6, 6.07) is 3.87. The van der Waals surface area contributed by atoms with Gasteiger partial charge in [-0.05, 0) is 11.4 Å². The van der Waals surface area contributed by atoms with E-state index < -0.39 is 12.1 Å². The van der Waals surface area contributed by atoms with Gasteiger partial charge in [0.05, 0.1) is 11.4 Å². The molecule has 0 saturated carbocycles. The molecule has 0 aliphatic carbocycles. The summed E-state index contributed by atoms with van der Waals surface area (Å²) in [6.07, 6.45) is -5.08. The van der Waals surface area contributed by atoms with E-state index >= 15 is 0 Å². The lowest BCUT2D eigenvalue weighted by Crippen LogP contribution is -2.21. The topological polar surface area (TPSA) is 102 Å². The number of hydrogen-bond acceptors (Lipinski definition) is 6. The normalized spacial score (nSPS) is 10.7. The number of halogens is 3. The first-order valence-electron chi connectivity index (χ1n) is 4.71. The van der Waals surface area contributed by atoms with Crippen LogP contribution in [0.15, 0.2) is 21.9 Å². The van der Waals surface area contributed by atoms with Crippen molar-refractivity contribution in [3.8, 4) is 10.8 Å². The Hall–Kier alpha value is -1.94. The minimum Gasteiger partial charge on any atom is -0.475 e. The number of thiophene rings is 1. The van der Waals surface area contributed by atoms with Gasteiger partial charge in [-0.2, -0.15) is 13.2 Å². The predicted molar refractivity (Wildman–Crippen MR) is 59.2 cm³/mol. The summed E-state index contributed by atoms with van der Waals surface area (Å²) in [5.41, 5.74) is 5.32. The number of aromatic nitrogens is 2. The van der Waals surface area contributed by atoms with E-state index in [1.165, 1.54) is 0 Å². The minimum absolute atomic E-state index is 0.290. The molecule has 2 rings (SSSR count). The smallest absolute Gasteiger partial charge is 0.475 e. The van der Waals surface area contributed by atoms with Gasteiger partial charge in [-0.3, -0.25) is 0 Å². The van der Waals surface area contributed by atoms with Crippen molar-refractivity contribution in [1.29, 1.82) is 0 Å². The van der Waals surface area contributed by atoms with Crippen LogP contribution in [0.3, 0.4) is 0 Å². The second-order valence-corrected chi connectivity index (χ2v) is 3.93. The molecule has 0 aliphatic heterocycles. The van der Waals surface area contributed by atoms with Crippen LogP contribution in [-0.4, -0.2) is 27.4 Å². The highest BCUT2D eigenvalue weighted by molar-refractivity contribution is 7.13. The highest BCUT2D eigenvalue weighted by Gasteiger charge is 2.38. The molecule has 0 aromatic carbocycles. The highest BCUT2D eigenvalue weighted by Crippen LogP contribution is 2.22. The molecule has 0 unspecified atom stereocenters. The third-order valence-electron chi connectivity index (χ3n) is 1.62. The van der Waals surface area contributed by atoms with Gasteiger partial charge in [-0.15, -0.1) is 21.5 Å². The zero-order chi connectivity index (χ0) is 14.5. The Morgan fingerprint density at radius 2 is 2.11 bits per heavy atom. The van der Waals surface area contributed by atoms with Crippen LogP contribution in [0.2, 0.25) is 0 Å². The van der Waals surface area contributed by atoms with Gasteiger partial charge in [0.25, 0.3) is 5.89 Å². The van der Waals surface area contributed by atoms with Crippen LogP contribution in [0.4, 0.5) is 13.2 Å². The molecular weight excluding hydrogens is 287 g/mol. The summed E-state index contributed by atoms with van der Waals surface area (Å²) < 4.78 is 37.0. The molecule has 10 heteroatoms. The van der Waals surface area contributed by atoms with Crippen LogP contribution in [0.5, 0.6) is 0 Å². The molecule has 2 heterocycles. The third-order valence-corrected chi connectivity index (χ3v) is 2.47. The molecule has 0 atom stereocenters. The van der Waals surface area contributed by atoms with E-state index in [9.17, 15) is 13.2 Å². The lowest BCUT2D eigenvalue weighted by atomic mass is 10.5. The van der Waals surface area contributed by atoms with Crippen LogP contribution in [0.25, 0.3) is 10.8 Å². The second-order valence-electron chi connectivity index (χ2n) is 2.99. The Balaban J connectivity index is 0.000000224. The number of alkyl halides is 3. The summed E-state index contributed by atoms with van der Waals surface area (Å²) in [4.78, 5) is 9.87. The molecule has 2 aromatic heterocycles. The van der Waals surface area contributed by atoms with Gasteiger partial charge < -0.3 is 15.3 Å². The summed E-state index contributed by atoms with van der Waals surface area (Å²) in [5.74, 6) is -1.74. The van der Waals surface area contributed by atoms with Gasteiger partial charge in [-0.25, -0.2) is 4.79 Å². The molecule has 6 nitrogen and oxygen atoms in total. The third kappa shape index (κ3) is 4.67. The highest BCUT2D eigenvalue weighted by atomic mass is 32.1. The number of aliphatic carboxylic acids is 1. The number of carboxylic acids is 1. The maximum absolute atomic E-state index is 10.6. The predicted octanol–water partition coefficient (Wildman–Crippen LogP) is 1.89. The summed E-state index contributed by atoms with van der Waals surface area (Å²) in [6.45, 7) is 0.290. The van der Waals surface area contributed by atoms with Crippen molar-refractivity contribution in [3.05, 3.63) is 23.4 Å². The van der Waals surface area contributed by atoms with Gasteiger partial charge in [0.1, 0.15) is 0 Å². The number of nitrogens with zero attached hydrogens (tertiary/aromatic N) is 2. The summed E-state index contributed by atoms with van der Waals surface area (Å²) in [5, 5.41) is 16.7. The molecule has 0 amide bonds. The number of rotatable bonds is 2. The Labute approximate surface area is 108 Å². The second kappa shape index (κ2) is 6.29. The summed E-state index contributed by atoms with van der Waals surface area (Å²) >= 11 is 1.56. The van der Waals surface area contributed by atoms with Gasteiger partial charge in [-0.1, -0.05) is 6.07 Å². The van der Waals surface area contributed by atoms with Crippen LogP contribution < -0.4 is 5.73 Å². The lowest BCUT2D eigenvalue weighted by molar-refractivity contribution is -0.192. The molecule has 0 fully saturated rings. The van der Waals surface area contributed by atoms with E-state index in [2.05, 4.69) is 10.2 Å². The van der Waals surface area contributed by atoms with Crippen LogP contribution in [0.1, 0.15) is 5.89 Å². The standard InChI is InChI=1S/C7H7N3OS.C2HF3O2/c8-4-6-9-10-7(11-6)5-2-1-3-12-5;3-2(4,5)1(6)7/h1-3H,4,8H2;(H,6,7). The SMILES string of the molecule is NCc1nnc(-c2cccs2)o1.O=C(O)C(F)(F)F. The van der Waals surface area contributed by atoms with Crippen molar-refractivity contribution >= 4 is 17.3 Å². The van der Waals surface area contributed by atoms with Crippen molar-refractivity contribution in [2.75, 3.05) is 0 Å². The monoisotopic (exact) mass is 295 g/mol. The van der Waals surface area contributed by atoms with Gasteiger partial charge >= 0.3 is 12.1 Å². The lowest BCUT2D eigenvalue weighted by Gasteiger charge is -1.93. The van der Waals surface area contributed by atoms with E-state index in [0.29, 0.717) is 18.3 Å². The van der Waals surface area contributed by atoms with Crippen LogP contribution in [0, 0.1) is 0 Å². The Morgan fingerprint density at radius 1 is 1.47 bits per heavy atom. The van der Waals surface area contributed by atoms with Crippen molar-refractivity contribution in [3.63, 3.8) is 0 Å². The Kier molecular flexibility index (Phi) is 5.01. The first-order chi connectivity index (χ1) is 8.84. The quantitative estimate of drug-likeness (QED) is 0.877. The summed E-state index contributed by atoms with van der Waals surface area (Å²) in [7, 11) is 0. The molecule has 3 N–H and O–H groups in total.